The summed E-state index contributed by atoms with van der Waals surface area (Å²) >= 11 is 0. The van der Waals surface area contributed by atoms with Crippen molar-refractivity contribution in [3.05, 3.63) is 0 Å². The third-order valence-electron chi connectivity index (χ3n) is 4.89. The predicted molar refractivity (Wildman–Crippen MR) is 78.1 cm³/mol. The summed E-state index contributed by atoms with van der Waals surface area (Å²) in [6, 6.07) is -0.215. The molecule has 3 atom stereocenters. The molecule has 0 aromatic heterocycles. The molecule has 1 aliphatic heterocycles. The highest BCUT2D eigenvalue weighted by Crippen LogP contribution is 2.42. The van der Waals surface area contributed by atoms with Crippen molar-refractivity contribution in [2.75, 3.05) is 13.2 Å². The fourth-order valence-corrected chi connectivity index (χ4v) is 3.36. The van der Waals surface area contributed by atoms with E-state index in [-0.39, 0.29) is 36.1 Å². The van der Waals surface area contributed by atoms with Crippen molar-refractivity contribution >= 4 is 12.0 Å². The van der Waals surface area contributed by atoms with Crippen molar-refractivity contribution in [2.45, 2.75) is 64.6 Å². The van der Waals surface area contributed by atoms with Gasteiger partial charge in [-0.05, 0) is 26.2 Å². The topological polar surface area (TPSA) is 78.9 Å². The normalized spacial score (nSPS) is 30.8. The van der Waals surface area contributed by atoms with Gasteiger partial charge in [0.15, 0.2) is 0 Å². The van der Waals surface area contributed by atoms with Crippen LogP contribution in [0, 0.1) is 5.41 Å². The molecule has 6 heteroatoms. The summed E-state index contributed by atoms with van der Waals surface area (Å²) < 4.78 is 5.66. The molecule has 0 aromatic carbocycles. The fraction of sp³-hybridized carbons (Fsp3) is 0.867. The van der Waals surface area contributed by atoms with Crippen LogP contribution in [0.5, 0.6) is 0 Å². The monoisotopic (exact) mass is 298 g/mol. The van der Waals surface area contributed by atoms with Gasteiger partial charge in [0.1, 0.15) is 0 Å². The number of rotatable bonds is 5. The molecular weight excluding hydrogens is 272 g/mol. The number of likely N-dealkylation sites (tertiary alicyclic amines) is 1. The van der Waals surface area contributed by atoms with Crippen LogP contribution in [0.4, 0.5) is 4.79 Å². The van der Waals surface area contributed by atoms with Crippen LogP contribution in [-0.2, 0) is 9.53 Å². The van der Waals surface area contributed by atoms with E-state index in [2.05, 4.69) is 19.2 Å². The Balaban J connectivity index is 1.89. The number of carbonyl (C=O) groups excluding carboxylic acids is 1. The third-order valence-corrected chi connectivity index (χ3v) is 4.89. The zero-order chi connectivity index (χ0) is 15.6. The molecule has 2 fully saturated rings. The average molecular weight is 298 g/mol. The number of carboxylic acid groups (broad SMARTS) is 1. The molecule has 2 aliphatic rings. The number of urea groups is 1. The largest absolute Gasteiger partial charge is 0.481 e. The van der Waals surface area contributed by atoms with Gasteiger partial charge in [-0.25, -0.2) is 4.79 Å². The van der Waals surface area contributed by atoms with Gasteiger partial charge < -0.3 is 20.1 Å². The van der Waals surface area contributed by atoms with Crippen molar-refractivity contribution in [2.24, 2.45) is 5.41 Å². The van der Waals surface area contributed by atoms with Gasteiger partial charge in [-0.1, -0.05) is 13.8 Å². The lowest BCUT2D eigenvalue weighted by atomic mass is 9.64. The molecule has 1 heterocycles. The lowest BCUT2D eigenvalue weighted by Crippen LogP contribution is -2.63. The zero-order valence-electron chi connectivity index (χ0n) is 13.1. The van der Waals surface area contributed by atoms with Crippen molar-refractivity contribution in [1.82, 2.24) is 10.2 Å². The van der Waals surface area contributed by atoms with Crippen LogP contribution in [0.2, 0.25) is 0 Å². The minimum Gasteiger partial charge on any atom is -0.481 e. The first-order valence-electron chi connectivity index (χ1n) is 7.76. The molecule has 6 nitrogen and oxygen atoms in total. The lowest BCUT2D eigenvalue weighted by molar-refractivity contribution is -0.138. The van der Waals surface area contributed by atoms with Gasteiger partial charge in [-0.3, -0.25) is 4.79 Å². The molecule has 0 aromatic rings. The van der Waals surface area contributed by atoms with E-state index in [9.17, 15) is 9.59 Å². The van der Waals surface area contributed by atoms with Gasteiger partial charge in [0.2, 0.25) is 0 Å². The van der Waals surface area contributed by atoms with Gasteiger partial charge in [-0.2, -0.15) is 0 Å². The van der Waals surface area contributed by atoms with E-state index in [0.717, 1.165) is 19.3 Å². The third kappa shape index (κ3) is 3.31. The van der Waals surface area contributed by atoms with E-state index < -0.39 is 5.97 Å². The smallest absolute Gasteiger partial charge is 0.317 e. The molecule has 21 heavy (non-hydrogen) atoms. The minimum absolute atomic E-state index is 0.0308. The average Bonchev–Trinajstić information content (AvgIpc) is 2.84. The lowest BCUT2D eigenvalue weighted by Gasteiger charge is -2.52. The van der Waals surface area contributed by atoms with E-state index in [1.165, 1.54) is 0 Å². The maximum atomic E-state index is 12.4. The Bertz CT molecular complexity index is 410. The molecule has 0 bridgehead atoms. The number of aliphatic carboxylic acids is 1. The van der Waals surface area contributed by atoms with Crippen molar-refractivity contribution < 1.29 is 19.4 Å². The van der Waals surface area contributed by atoms with Crippen LogP contribution in [0.25, 0.3) is 0 Å². The molecule has 1 saturated heterocycles. The number of nitrogens with zero attached hydrogens (tertiary/aromatic N) is 1. The second-order valence-corrected chi connectivity index (χ2v) is 6.59. The quantitative estimate of drug-likeness (QED) is 0.811. The van der Waals surface area contributed by atoms with E-state index in [4.69, 9.17) is 9.84 Å². The van der Waals surface area contributed by atoms with Crippen LogP contribution in [0.3, 0.4) is 0 Å². The van der Waals surface area contributed by atoms with Gasteiger partial charge in [0, 0.05) is 30.7 Å². The van der Waals surface area contributed by atoms with Gasteiger partial charge in [-0.15, -0.1) is 0 Å². The summed E-state index contributed by atoms with van der Waals surface area (Å²) in [5.41, 5.74) is -0.0757. The second-order valence-electron chi connectivity index (χ2n) is 6.59. The van der Waals surface area contributed by atoms with E-state index >= 15 is 0 Å². The first-order valence-corrected chi connectivity index (χ1v) is 7.76. The van der Waals surface area contributed by atoms with E-state index in [0.29, 0.717) is 13.2 Å². The van der Waals surface area contributed by atoms with Crippen LogP contribution in [-0.4, -0.2) is 53.3 Å². The molecule has 120 valence electrons. The van der Waals surface area contributed by atoms with Crippen LogP contribution >= 0.6 is 0 Å². The summed E-state index contributed by atoms with van der Waals surface area (Å²) in [5, 5.41) is 12.0. The zero-order valence-corrected chi connectivity index (χ0v) is 13.1. The molecule has 1 aliphatic carbocycles. The SMILES string of the molecule is CCOC1CC(NC(=O)N2CCCC2CC(=O)O)C1(C)C. The number of amides is 2. The maximum Gasteiger partial charge on any atom is 0.317 e. The Morgan fingerprint density at radius 2 is 2.14 bits per heavy atom. The summed E-state index contributed by atoms with van der Waals surface area (Å²) in [4.78, 5) is 24.9. The summed E-state index contributed by atoms with van der Waals surface area (Å²) in [7, 11) is 0. The molecule has 2 rings (SSSR count). The number of carbonyl (C=O) groups is 2. The molecule has 2 amide bonds. The maximum absolute atomic E-state index is 12.4. The first kappa shape index (κ1) is 16.1. The standard InChI is InChI=1S/C15H26N2O4/c1-4-21-12-9-11(15(12,2)3)16-14(20)17-7-5-6-10(17)8-13(18)19/h10-12H,4-9H2,1-3H3,(H,16,20)(H,18,19). The number of nitrogens with one attached hydrogen (secondary N) is 1. The number of hydrogen-bond donors (Lipinski definition) is 2. The van der Waals surface area contributed by atoms with Gasteiger partial charge in [0.25, 0.3) is 0 Å². The van der Waals surface area contributed by atoms with E-state index in [1.807, 2.05) is 6.92 Å². The Labute approximate surface area is 125 Å². The predicted octanol–water partition coefficient (Wildman–Crippen LogP) is 1.84. The highest BCUT2D eigenvalue weighted by molar-refractivity contribution is 5.77. The molecule has 3 unspecified atom stereocenters. The van der Waals surface area contributed by atoms with Crippen LogP contribution in [0.1, 0.15) is 46.5 Å². The molecule has 2 N–H and O–H groups in total. The van der Waals surface area contributed by atoms with Crippen molar-refractivity contribution in [1.29, 1.82) is 0 Å². The van der Waals surface area contributed by atoms with Crippen molar-refractivity contribution in [3.8, 4) is 0 Å². The first-order chi connectivity index (χ1) is 9.86. The van der Waals surface area contributed by atoms with Crippen LogP contribution in [0.15, 0.2) is 0 Å². The van der Waals surface area contributed by atoms with Crippen molar-refractivity contribution in [3.63, 3.8) is 0 Å². The summed E-state index contributed by atoms with van der Waals surface area (Å²) in [6.07, 6.45) is 2.69. The fourth-order valence-electron chi connectivity index (χ4n) is 3.36. The minimum atomic E-state index is -0.847. The Kier molecular flexibility index (Phi) is 4.76. The summed E-state index contributed by atoms with van der Waals surface area (Å²) in [6.45, 7) is 7.50. The Hall–Kier alpha value is -1.30. The highest BCUT2D eigenvalue weighted by Gasteiger charge is 2.50. The molecule has 0 radical (unpaired) electrons. The van der Waals surface area contributed by atoms with Gasteiger partial charge >= 0.3 is 12.0 Å². The Morgan fingerprint density at radius 1 is 1.43 bits per heavy atom. The number of hydrogen-bond acceptors (Lipinski definition) is 3. The highest BCUT2D eigenvalue weighted by atomic mass is 16.5. The summed E-state index contributed by atoms with van der Waals surface area (Å²) in [5.74, 6) is -0.847. The molecule has 0 spiro atoms. The van der Waals surface area contributed by atoms with Gasteiger partial charge in [0.05, 0.1) is 12.5 Å². The number of carboxylic acids is 1. The Morgan fingerprint density at radius 3 is 2.71 bits per heavy atom. The number of ether oxygens (including phenoxy) is 1. The van der Waals surface area contributed by atoms with E-state index in [1.54, 1.807) is 4.90 Å². The second kappa shape index (κ2) is 6.22. The molecular formula is C15H26N2O4. The van der Waals surface area contributed by atoms with Crippen LogP contribution < -0.4 is 5.32 Å². The molecule has 1 saturated carbocycles.